The lowest BCUT2D eigenvalue weighted by Crippen LogP contribution is -2.62. The molecule has 0 aromatic heterocycles. The molecule has 0 aromatic rings. The van der Waals surface area contributed by atoms with Crippen LogP contribution < -0.4 is 5.32 Å². The van der Waals surface area contributed by atoms with Crippen molar-refractivity contribution in [2.24, 2.45) is 5.41 Å². The van der Waals surface area contributed by atoms with Crippen LogP contribution in [0.1, 0.15) is 53.9 Å². The van der Waals surface area contributed by atoms with Crippen molar-refractivity contribution in [1.29, 1.82) is 0 Å². The Morgan fingerprint density at radius 2 is 1.84 bits per heavy atom. The Hall–Kier alpha value is -0.120. The molecule has 1 N–H and O–H groups in total. The summed E-state index contributed by atoms with van der Waals surface area (Å²) in [6, 6.07) is 1.29. The SMILES string of the molecule is CCNC1C(N2C[C@@H](C)O[C@@H](C)C2)CCCC1(C)C. The molecule has 1 aliphatic carbocycles. The van der Waals surface area contributed by atoms with Gasteiger partial charge < -0.3 is 10.1 Å². The molecule has 0 spiro atoms. The Morgan fingerprint density at radius 3 is 2.42 bits per heavy atom. The summed E-state index contributed by atoms with van der Waals surface area (Å²) in [6.07, 6.45) is 4.78. The summed E-state index contributed by atoms with van der Waals surface area (Å²) in [6.45, 7) is 14.8. The normalized spacial score (nSPS) is 40.3. The maximum atomic E-state index is 5.89. The Labute approximate surface area is 119 Å². The number of likely N-dealkylation sites (N-methyl/N-ethyl adjacent to an activating group) is 1. The molecule has 0 bridgehead atoms. The second-order valence-corrected chi connectivity index (χ2v) is 7.19. The van der Waals surface area contributed by atoms with E-state index < -0.39 is 0 Å². The largest absolute Gasteiger partial charge is 0.373 e. The third kappa shape index (κ3) is 3.50. The topological polar surface area (TPSA) is 24.5 Å². The van der Waals surface area contributed by atoms with Gasteiger partial charge in [-0.05, 0) is 38.6 Å². The van der Waals surface area contributed by atoms with E-state index in [1.54, 1.807) is 0 Å². The molecule has 4 atom stereocenters. The molecule has 2 rings (SSSR count). The smallest absolute Gasteiger partial charge is 0.0678 e. The van der Waals surface area contributed by atoms with E-state index in [-0.39, 0.29) is 0 Å². The maximum absolute atomic E-state index is 5.89. The van der Waals surface area contributed by atoms with Gasteiger partial charge in [-0.15, -0.1) is 0 Å². The van der Waals surface area contributed by atoms with Gasteiger partial charge in [0.25, 0.3) is 0 Å². The minimum absolute atomic E-state index is 0.371. The molecule has 0 amide bonds. The predicted octanol–water partition coefficient (Wildman–Crippen LogP) is 2.65. The summed E-state index contributed by atoms with van der Waals surface area (Å²) in [7, 11) is 0. The molecule has 112 valence electrons. The van der Waals surface area contributed by atoms with Crippen LogP contribution >= 0.6 is 0 Å². The number of hydrogen-bond donors (Lipinski definition) is 1. The van der Waals surface area contributed by atoms with Gasteiger partial charge in [-0.2, -0.15) is 0 Å². The highest BCUT2D eigenvalue weighted by atomic mass is 16.5. The van der Waals surface area contributed by atoms with Gasteiger partial charge in [0.05, 0.1) is 12.2 Å². The molecule has 1 aliphatic heterocycles. The third-order valence-electron chi connectivity index (χ3n) is 4.89. The van der Waals surface area contributed by atoms with Crippen molar-refractivity contribution in [3.63, 3.8) is 0 Å². The average Bonchev–Trinajstić information content (AvgIpc) is 2.30. The van der Waals surface area contributed by atoms with Gasteiger partial charge in [-0.3, -0.25) is 4.90 Å². The lowest BCUT2D eigenvalue weighted by molar-refractivity contribution is -0.0957. The molecule has 3 nitrogen and oxygen atoms in total. The highest BCUT2D eigenvalue weighted by Gasteiger charge is 2.42. The Morgan fingerprint density at radius 1 is 1.21 bits per heavy atom. The molecule has 2 aliphatic rings. The van der Waals surface area contributed by atoms with E-state index in [4.69, 9.17) is 4.74 Å². The van der Waals surface area contributed by atoms with Crippen molar-refractivity contribution < 1.29 is 4.74 Å². The summed E-state index contributed by atoms with van der Waals surface area (Å²) in [5.41, 5.74) is 0.406. The van der Waals surface area contributed by atoms with E-state index >= 15 is 0 Å². The minimum atomic E-state index is 0.371. The van der Waals surface area contributed by atoms with Crippen LogP contribution in [0.15, 0.2) is 0 Å². The average molecular weight is 268 g/mol. The zero-order valence-corrected chi connectivity index (χ0v) is 13.4. The molecule has 1 saturated carbocycles. The van der Waals surface area contributed by atoms with Crippen molar-refractivity contribution >= 4 is 0 Å². The second-order valence-electron chi connectivity index (χ2n) is 7.19. The standard InChI is InChI=1S/C16H32N2O/c1-6-17-15-14(8-7-9-16(15,4)5)18-10-12(2)19-13(3)11-18/h12-15,17H,6-11H2,1-5H3/t12-,13+,14?,15?. The predicted molar refractivity (Wildman–Crippen MR) is 80.5 cm³/mol. The van der Waals surface area contributed by atoms with Gasteiger partial charge in [-0.25, -0.2) is 0 Å². The van der Waals surface area contributed by atoms with Crippen molar-refractivity contribution in [3.8, 4) is 0 Å². The van der Waals surface area contributed by atoms with Crippen LogP contribution in [-0.4, -0.2) is 48.8 Å². The second kappa shape index (κ2) is 6.11. The van der Waals surface area contributed by atoms with Crippen LogP contribution in [0.25, 0.3) is 0 Å². The number of hydrogen-bond acceptors (Lipinski definition) is 3. The maximum Gasteiger partial charge on any atom is 0.0678 e. The Kier molecular flexibility index (Phi) is 4.91. The molecule has 0 radical (unpaired) electrons. The molecule has 1 saturated heterocycles. The Bertz CT molecular complexity index is 282. The van der Waals surface area contributed by atoms with Gasteiger partial charge in [0.2, 0.25) is 0 Å². The molecule has 0 aromatic carbocycles. The van der Waals surface area contributed by atoms with Gasteiger partial charge in [0, 0.05) is 25.2 Å². The summed E-state index contributed by atoms with van der Waals surface area (Å²) in [5.74, 6) is 0. The zero-order chi connectivity index (χ0) is 14.0. The monoisotopic (exact) mass is 268 g/mol. The number of ether oxygens (including phenoxy) is 1. The highest BCUT2D eigenvalue weighted by Crippen LogP contribution is 2.38. The molecule has 1 heterocycles. The summed E-state index contributed by atoms with van der Waals surface area (Å²) in [4.78, 5) is 2.69. The molecule has 2 fully saturated rings. The Balaban J connectivity index is 2.11. The van der Waals surface area contributed by atoms with E-state index in [1.165, 1.54) is 19.3 Å². The number of nitrogens with zero attached hydrogens (tertiary/aromatic N) is 1. The summed E-state index contributed by atoms with van der Waals surface area (Å²) in [5, 5.41) is 3.77. The zero-order valence-electron chi connectivity index (χ0n) is 13.4. The van der Waals surface area contributed by atoms with E-state index in [2.05, 4.69) is 44.8 Å². The van der Waals surface area contributed by atoms with Crippen LogP contribution in [0.5, 0.6) is 0 Å². The first kappa shape index (κ1) is 15.3. The van der Waals surface area contributed by atoms with Gasteiger partial charge in [-0.1, -0.05) is 27.2 Å². The van der Waals surface area contributed by atoms with Crippen LogP contribution in [0.3, 0.4) is 0 Å². The molecule has 3 heteroatoms. The van der Waals surface area contributed by atoms with Crippen molar-refractivity contribution in [2.45, 2.75) is 78.2 Å². The van der Waals surface area contributed by atoms with Gasteiger partial charge in [0.15, 0.2) is 0 Å². The lowest BCUT2D eigenvalue weighted by atomic mass is 9.70. The summed E-state index contributed by atoms with van der Waals surface area (Å²) < 4.78 is 5.89. The van der Waals surface area contributed by atoms with Crippen LogP contribution in [-0.2, 0) is 4.74 Å². The molecule has 2 unspecified atom stereocenters. The molecular weight excluding hydrogens is 236 g/mol. The fourth-order valence-electron chi connectivity index (χ4n) is 4.12. The van der Waals surface area contributed by atoms with Gasteiger partial charge >= 0.3 is 0 Å². The first-order chi connectivity index (χ1) is 8.94. The van der Waals surface area contributed by atoms with E-state index in [0.717, 1.165) is 19.6 Å². The quantitative estimate of drug-likeness (QED) is 0.851. The summed E-state index contributed by atoms with van der Waals surface area (Å²) >= 11 is 0. The first-order valence-corrected chi connectivity index (χ1v) is 8.07. The highest BCUT2D eigenvalue weighted by molar-refractivity contribution is 4.99. The number of morpholine rings is 1. The first-order valence-electron chi connectivity index (χ1n) is 8.07. The van der Waals surface area contributed by atoms with E-state index in [9.17, 15) is 0 Å². The van der Waals surface area contributed by atoms with Gasteiger partial charge in [0.1, 0.15) is 0 Å². The lowest BCUT2D eigenvalue weighted by Gasteiger charge is -2.51. The van der Waals surface area contributed by atoms with Crippen molar-refractivity contribution in [1.82, 2.24) is 10.2 Å². The van der Waals surface area contributed by atoms with E-state index in [1.807, 2.05) is 0 Å². The van der Waals surface area contributed by atoms with E-state index in [0.29, 0.717) is 29.7 Å². The molecule has 19 heavy (non-hydrogen) atoms. The van der Waals surface area contributed by atoms with Crippen LogP contribution in [0, 0.1) is 5.41 Å². The third-order valence-corrected chi connectivity index (χ3v) is 4.89. The number of nitrogens with one attached hydrogen (secondary N) is 1. The van der Waals surface area contributed by atoms with Crippen molar-refractivity contribution in [2.75, 3.05) is 19.6 Å². The fraction of sp³-hybridized carbons (Fsp3) is 1.00. The van der Waals surface area contributed by atoms with Crippen LogP contribution in [0.4, 0.5) is 0 Å². The fourth-order valence-corrected chi connectivity index (χ4v) is 4.12. The minimum Gasteiger partial charge on any atom is -0.373 e. The number of rotatable bonds is 3. The van der Waals surface area contributed by atoms with Crippen molar-refractivity contribution in [3.05, 3.63) is 0 Å². The molecular formula is C16H32N2O. The van der Waals surface area contributed by atoms with Crippen LogP contribution in [0.2, 0.25) is 0 Å².